The lowest BCUT2D eigenvalue weighted by molar-refractivity contribution is -0.119. The van der Waals surface area contributed by atoms with E-state index in [1.54, 1.807) is 7.11 Å². The van der Waals surface area contributed by atoms with E-state index in [-0.39, 0.29) is 11.9 Å². The Balaban J connectivity index is 1.64. The number of ether oxygens (including phenoxy) is 2. The maximum Gasteiger partial charge on any atom is 0.230 e. The van der Waals surface area contributed by atoms with Gasteiger partial charge in [0.15, 0.2) is 0 Å². The Kier molecular flexibility index (Phi) is 7.95. The van der Waals surface area contributed by atoms with Gasteiger partial charge in [-0.15, -0.1) is 11.8 Å². The molecule has 0 saturated heterocycles. The first-order valence-electron chi connectivity index (χ1n) is 7.98. The molecule has 2 aromatic rings. The quantitative estimate of drug-likeness (QED) is 0.658. The van der Waals surface area contributed by atoms with Gasteiger partial charge in [0, 0.05) is 10.8 Å². The number of carbonyl (C=O) groups is 1. The molecule has 0 radical (unpaired) electrons. The first kappa shape index (κ1) is 19.5. The summed E-state index contributed by atoms with van der Waals surface area (Å²) in [5.41, 5.74) is 0.922. The van der Waals surface area contributed by atoms with Gasteiger partial charge in [-0.2, -0.15) is 0 Å². The van der Waals surface area contributed by atoms with Crippen molar-refractivity contribution in [3.8, 4) is 11.5 Å². The number of methoxy groups -OCH3 is 1. The van der Waals surface area contributed by atoms with E-state index < -0.39 is 0 Å². The number of carbonyl (C=O) groups excluding carboxylic acids is 1. The number of rotatable bonds is 9. The third kappa shape index (κ3) is 6.52. The zero-order valence-corrected chi connectivity index (χ0v) is 15.9. The van der Waals surface area contributed by atoms with Crippen LogP contribution >= 0.6 is 23.4 Å². The van der Waals surface area contributed by atoms with Crippen molar-refractivity contribution < 1.29 is 14.3 Å². The van der Waals surface area contributed by atoms with Crippen LogP contribution in [0.1, 0.15) is 18.5 Å². The van der Waals surface area contributed by atoms with Crippen molar-refractivity contribution in [1.29, 1.82) is 0 Å². The van der Waals surface area contributed by atoms with E-state index in [4.69, 9.17) is 21.1 Å². The van der Waals surface area contributed by atoms with E-state index >= 15 is 0 Å². The summed E-state index contributed by atoms with van der Waals surface area (Å²) in [6.07, 6.45) is 0. The Labute approximate surface area is 157 Å². The molecule has 0 aliphatic carbocycles. The summed E-state index contributed by atoms with van der Waals surface area (Å²) in [6, 6.07) is 14.8. The second-order valence-corrected chi connectivity index (χ2v) is 6.90. The van der Waals surface area contributed by atoms with Crippen LogP contribution in [-0.2, 0) is 4.79 Å². The van der Waals surface area contributed by atoms with Crippen molar-refractivity contribution in [2.45, 2.75) is 13.0 Å². The van der Waals surface area contributed by atoms with Crippen molar-refractivity contribution >= 4 is 29.3 Å². The number of halogens is 1. The molecular weight excluding hydrogens is 358 g/mol. The van der Waals surface area contributed by atoms with Gasteiger partial charge in [0.25, 0.3) is 0 Å². The second-order valence-electron chi connectivity index (χ2n) is 5.39. The minimum Gasteiger partial charge on any atom is -0.497 e. The zero-order chi connectivity index (χ0) is 18.1. The number of hydrogen-bond donors (Lipinski definition) is 1. The molecule has 0 saturated carbocycles. The predicted octanol–water partition coefficient (Wildman–Crippen LogP) is 4.34. The van der Waals surface area contributed by atoms with E-state index in [0.29, 0.717) is 17.4 Å². The molecule has 0 heterocycles. The van der Waals surface area contributed by atoms with Crippen LogP contribution in [0.25, 0.3) is 0 Å². The molecule has 4 nitrogen and oxygen atoms in total. The smallest absolute Gasteiger partial charge is 0.230 e. The van der Waals surface area contributed by atoms with Crippen molar-refractivity contribution in [2.75, 3.05) is 25.2 Å². The summed E-state index contributed by atoms with van der Waals surface area (Å²) >= 11 is 7.68. The number of amides is 1. The molecule has 134 valence electrons. The minimum absolute atomic E-state index is 0.0122. The van der Waals surface area contributed by atoms with Crippen LogP contribution in [-0.4, -0.2) is 31.1 Å². The lowest BCUT2D eigenvalue weighted by atomic mass is 10.1. The Morgan fingerprint density at radius 1 is 1.16 bits per heavy atom. The van der Waals surface area contributed by atoms with Crippen LogP contribution in [0.15, 0.2) is 48.5 Å². The normalized spacial score (nSPS) is 11.6. The van der Waals surface area contributed by atoms with E-state index in [0.717, 1.165) is 22.8 Å². The van der Waals surface area contributed by atoms with Crippen LogP contribution in [0.3, 0.4) is 0 Å². The SMILES string of the molecule is COc1ccc(OCCSCC(=O)NC(C)c2ccccc2Cl)cc1. The summed E-state index contributed by atoms with van der Waals surface area (Å²) in [4.78, 5) is 12.0. The summed E-state index contributed by atoms with van der Waals surface area (Å²) < 4.78 is 10.7. The molecule has 2 rings (SSSR count). The minimum atomic E-state index is -0.114. The van der Waals surface area contributed by atoms with Gasteiger partial charge in [-0.1, -0.05) is 29.8 Å². The molecule has 0 aliphatic rings. The van der Waals surface area contributed by atoms with Crippen molar-refractivity contribution in [3.05, 3.63) is 59.1 Å². The van der Waals surface area contributed by atoms with Gasteiger partial charge < -0.3 is 14.8 Å². The fourth-order valence-corrected chi connectivity index (χ4v) is 3.16. The Hall–Kier alpha value is -1.85. The third-order valence-electron chi connectivity index (χ3n) is 3.54. The van der Waals surface area contributed by atoms with Crippen molar-refractivity contribution in [1.82, 2.24) is 5.32 Å². The molecule has 25 heavy (non-hydrogen) atoms. The number of thioether (sulfide) groups is 1. The predicted molar refractivity (Wildman–Crippen MR) is 104 cm³/mol. The first-order chi connectivity index (χ1) is 12.1. The summed E-state index contributed by atoms with van der Waals surface area (Å²) in [5, 5.41) is 3.62. The standard InChI is InChI=1S/C19H22ClNO3S/c1-14(17-5-3-4-6-18(17)20)21-19(22)13-25-12-11-24-16-9-7-15(23-2)8-10-16/h3-10,14H,11-13H2,1-2H3,(H,21,22). The molecule has 1 amide bonds. The Morgan fingerprint density at radius 3 is 2.52 bits per heavy atom. The first-order valence-corrected chi connectivity index (χ1v) is 9.52. The van der Waals surface area contributed by atoms with Gasteiger partial charge in [-0.25, -0.2) is 0 Å². The van der Waals surface area contributed by atoms with E-state index in [1.807, 2.05) is 55.5 Å². The van der Waals surface area contributed by atoms with Gasteiger partial charge in [-0.3, -0.25) is 4.79 Å². The molecule has 0 aromatic heterocycles. The summed E-state index contributed by atoms with van der Waals surface area (Å²) in [5.74, 6) is 2.70. The highest BCUT2D eigenvalue weighted by atomic mass is 35.5. The summed E-state index contributed by atoms with van der Waals surface area (Å²) in [6.45, 7) is 2.47. The van der Waals surface area contributed by atoms with Crippen LogP contribution in [0.5, 0.6) is 11.5 Å². The highest BCUT2D eigenvalue weighted by Crippen LogP contribution is 2.22. The molecule has 6 heteroatoms. The van der Waals surface area contributed by atoms with Gasteiger partial charge in [0.2, 0.25) is 5.91 Å². The molecule has 1 unspecified atom stereocenters. The fourth-order valence-electron chi connectivity index (χ4n) is 2.24. The lowest BCUT2D eigenvalue weighted by Gasteiger charge is -2.15. The van der Waals surface area contributed by atoms with E-state index in [1.165, 1.54) is 11.8 Å². The Morgan fingerprint density at radius 2 is 1.84 bits per heavy atom. The average molecular weight is 380 g/mol. The van der Waals surface area contributed by atoms with Gasteiger partial charge in [0.1, 0.15) is 11.5 Å². The second kappa shape index (κ2) is 10.2. The van der Waals surface area contributed by atoms with Gasteiger partial charge in [0.05, 0.1) is 25.5 Å². The van der Waals surface area contributed by atoms with E-state index in [9.17, 15) is 4.79 Å². The highest BCUT2D eigenvalue weighted by molar-refractivity contribution is 7.99. The highest BCUT2D eigenvalue weighted by Gasteiger charge is 2.12. The zero-order valence-electron chi connectivity index (χ0n) is 14.3. The average Bonchev–Trinajstić information content (AvgIpc) is 2.62. The molecule has 0 aliphatic heterocycles. The van der Waals surface area contributed by atoms with Crippen LogP contribution in [0, 0.1) is 0 Å². The van der Waals surface area contributed by atoms with Crippen molar-refractivity contribution in [2.24, 2.45) is 0 Å². The molecule has 0 bridgehead atoms. The van der Waals surface area contributed by atoms with Crippen LogP contribution < -0.4 is 14.8 Å². The number of nitrogens with one attached hydrogen (secondary N) is 1. The van der Waals surface area contributed by atoms with Crippen molar-refractivity contribution in [3.63, 3.8) is 0 Å². The third-order valence-corrected chi connectivity index (χ3v) is 4.80. The molecule has 1 N–H and O–H groups in total. The summed E-state index contributed by atoms with van der Waals surface area (Å²) in [7, 11) is 1.63. The number of benzene rings is 2. The topological polar surface area (TPSA) is 47.6 Å². The lowest BCUT2D eigenvalue weighted by Crippen LogP contribution is -2.28. The fraction of sp³-hybridized carbons (Fsp3) is 0.316. The van der Waals surface area contributed by atoms with Crippen LogP contribution in [0.4, 0.5) is 0 Å². The van der Waals surface area contributed by atoms with Gasteiger partial charge >= 0.3 is 0 Å². The van der Waals surface area contributed by atoms with E-state index in [2.05, 4.69) is 5.32 Å². The largest absolute Gasteiger partial charge is 0.497 e. The maximum absolute atomic E-state index is 12.0. The Bertz CT molecular complexity index is 679. The van der Waals surface area contributed by atoms with Crippen LogP contribution in [0.2, 0.25) is 5.02 Å². The molecule has 2 aromatic carbocycles. The number of hydrogen-bond acceptors (Lipinski definition) is 4. The molecule has 0 spiro atoms. The van der Waals surface area contributed by atoms with Gasteiger partial charge in [-0.05, 0) is 42.8 Å². The molecule has 0 fully saturated rings. The molecule has 1 atom stereocenters. The maximum atomic E-state index is 12.0. The molecular formula is C19H22ClNO3S. The monoisotopic (exact) mass is 379 g/mol.